The predicted octanol–water partition coefficient (Wildman–Crippen LogP) is 1.10. The van der Waals surface area contributed by atoms with Crippen LogP contribution in [0.1, 0.15) is 9.68 Å². The van der Waals surface area contributed by atoms with Crippen molar-refractivity contribution >= 4 is 0 Å². The van der Waals surface area contributed by atoms with Crippen LogP contribution in [-0.2, 0) is 0 Å². The van der Waals surface area contributed by atoms with E-state index in [9.17, 15) is 0 Å². The molecule has 0 bridgehead atoms. The van der Waals surface area contributed by atoms with Crippen LogP contribution in [0.3, 0.4) is 0 Å². The summed E-state index contributed by atoms with van der Waals surface area (Å²) in [6.45, 7) is 1.52. The molecule has 0 amide bonds. The lowest BCUT2D eigenvalue weighted by atomic mass is 10.3. The van der Waals surface area contributed by atoms with Crippen LogP contribution >= 0.6 is 0 Å². The average molecular weight is 112 g/mol. The number of aromatic hydroxyl groups is 1. The molecule has 0 unspecified atom stereocenters. The van der Waals surface area contributed by atoms with Gasteiger partial charge in [0.1, 0.15) is 0 Å². The van der Waals surface area contributed by atoms with Gasteiger partial charge in [-0.25, -0.2) is 4.98 Å². The minimum Gasteiger partial charge on any atom is -0.493 e. The number of hydrogen-bond acceptors (Lipinski definition) is 2. The Morgan fingerprint density at radius 3 is 3.25 bits per heavy atom. The number of hydrogen-bond donors (Lipinski definition) is 1. The summed E-state index contributed by atoms with van der Waals surface area (Å²) in [4.78, 5) is 3.35. The number of pyridine rings is 1. The first-order chi connectivity index (χ1) is 5.04. The number of nitrogens with zero attached hydrogens (tertiary/aromatic N) is 1. The van der Waals surface area contributed by atoms with E-state index in [4.69, 9.17) is 9.22 Å². The Kier molecular flexibility index (Phi) is 0.565. The van der Waals surface area contributed by atoms with Crippen molar-refractivity contribution in [1.82, 2.24) is 4.98 Å². The van der Waals surface area contributed by atoms with Crippen molar-refractivity contribution in [3.63, 3.8) is 0 Å². The molecule has 1 aromatic rings. The second kappa shape index (κ2) is 1.82. The second-order valence-corrected chi connectivity index (χ2v) is 1.42. The molecule has 0 fully saturated rings. The molecule has 0 aliphatic heterocycles. The summed E-state index contributed by atoms with van der Waals surface area (Å²) >= 11 is 0. The van der Waals surface area contributed by atoms with E-state index in [-0.39, 0.29) is 18.3 Å². The van der Waals surface area contributed by atoms with E-state index in [1.54, 1.807) is 0 Å². The summed E-state index contributed by atoms with van der Waals surface area (Å²) in [5.74, 6) is -0.550. The maximum Gasteiger partial charge on any atom is 0.210 e. The van der Waals surface area contributed by atoms with Gasteiger partial charge >= 0.3 is 0 Å². The van der Waals surface area contributed by atoms with Gasteiger partial charge in [-0.15, -0.1) is 0 Å². The van der Waals surface area contributed by atoms with Crippen LogP contribution in [-0.4, -0.2) is 10.1 Å². The maximum atomic E-state index is 8.87. The SMILES string of the molecule is [2H]c1nc(O)c([2H])c([2H])c1C. The van der Waals surface area contributed by atoms with Gasteiger partial charge in [-0.3, -0.25) is 0 Å². The Bertz CT molecular complexity index is 274. The molecule has 0 saturated carbocycles. The largest absolute Gasteiger partial charge is 0.493 e. The Labute approximate surface area is 52.0 Å². The van der Waals surface area contributed by atoms with E-state index in [0.29, 0.717) is 5.56 Å². The van der Waals surface area contributed by atoms with Crippen LogP contribution < -0.4 is 0 Å². The van der Waals surface area contributed by atoms with Crippen molar-refractivity contribution < 1.29 is 9.22 Å². The topological polar surface area (TPSA) is 33.1 Å². The Morgan fingerprint density at radius 1 is 1.75 bits per heavy atom. The molecule has 0 saturated heterocycles. The lowest BCUT2D eigenvalue weighted by Gasteiger charge is -1.88. The van der Waals surface area contributed by atoms with E-state index < -0.39 is 5.88 Å². The molecular weight excluding hydrogens is 102 g/mol. The van der Waals surface area contributed by atoms with Gasteiger partial charge in [-0.05, 0) is 12.5 Å². The number of aromatic nitrogens is 1. The Balaban J connectivity index is 3.46. The van der Waals surface area contributed by atoms with Crippen LogP contribution in [0.15, 0.2) is 18.3 Å². The first-order valence-corrected chi connectivity index (χ1v) is 2.17. The van der Waals surface area contributed by atoms with E-state index in [1.165, 1.54) is 6.92 Å². The molecule has 0 aliphatic rings. The van der Waals surface area contributed by atoms with Crippen molar-refractivity contribution in [1.29, 1.82) is 0 Å². The fourth-order valence-electron chi connectivity index (χ4n) is 0.342. The highest BCUT2D eigenvalue weighted by Crippen LogP contribution is 2.01. The molecule has 42 valence electrons. The van der Waals surface area contributed by atoms with Gasteiger partial charge in [-0.1, -0.05) is 6.04 Å². The van der Waals surface area contributed by atoms with Crippen molar-refractivity contribution in [2.75, 3.05) is 0 Å². The van der Waals surface area contributed by atoms with E-state index in [2.05, 4.69) is 4.98 Å². The monoisotopic (exact) mass is 112 g/mol. The minimum absolute atomic E-state index is 0.137. The molecule has 1 heterocycles. The van der Waals surface area contributed by atoms with Crippen LogP contribution in [0.25, 0.3) is 0 Å². The van der Waals surface area contributed by atoms with Crippen molar-refractivity contribution in [3.8, 4) is 5.88 Å². The lowest BCUT2D eigenvalue weighted by molar-refractivity contribution is 0.453. The zero-order valence-corrected chi connectivity index (χ0v) is 4.39. The normalized spacial score (nSPS) is 14.4. The molecule has 0 aliphatic carbocycles. The maximum absolute atomic E-state index is 8.87. The van der Waals surface area contributed by atoms with Gasteiger partial charge in [0, 0.05) is 12.2 Å². The summed E-state index contributed by atoms with van der Waals surface area (Å²) in [6, 6.07) is -0.457. The molecule has 0 radical (unpaired) electrons. The number of rotatable bonds is 0. The van der Waals surface area contributed by atoms with Gasteiger partial charge in [0.15, 0.2) is 0 Å². The van der Waals surface area contributed by atoms with Crippen molar-refractivity contribution in [2.24, 2.45) is 0 Å². The van der Waals surface area contributed by atoms with Gasteiger partial charge < -0.3 is 5.11 Å². The molecule has 0 spiro atoms. The molecule has 1 N–H and O–H groups in total. The molecule has 1 rings (SSSR count). The van der Waals surface area contributed by atoms with E-state index >= 15 is 0 Å². The van der Waals surface area contributed by atoms with E-state index in [1.807, 2.05) is 0 Å². The molecule has 2 nitrogen and oxygen atoms in total. The predicted molar refractivity (Wildman–Crippen MR) is 30.6 cm³/mol. The van der Waals surface area contributed by atoms with Gasteiger partial charge in [0.05, 0.1) is 4.11 Å². The zero-order valence-electron chi connectivity index (χ0n) is 7.39. The standard InChI is InChI=1S/C6H7NO/c1-5-2-3-6(8)7-4-5/h2-4H,1H3,(H,7,8)/i2D,3D,4D. The Hall–Kier alpha value is -1.05. The minimum atomic E-state index is -0.550. The van der Waals surface area contributed by atoms with Gasteiger partial charge in [-0.2, -0.15) is 0 Å². The average Bonchev–Trinajstić information content (AvgIpc) is 1.97. The van der Waals surface area contributed by atoms with Gasteiger partial charge in [0.25, 0.3) is 0 Å². The molecule has 0 atom stereocenters. The summed E-state index contributed by atoms with van der Waals surface area (Å²) in [5, 5.41) is 8.87. The molecule has 1 aromatic heterocycles. The summed E-state index contributed by atoms with van der Waals surface area (Å²) in [5.41, 5.74) is 0.313. The highest BCUT2D eigenvalue weighted by Gasteiger charge is 1.83. The third kappa shape index (κ3) is 0.964. The second-order valence-electron chi connectivity index (χ2n) is 1.42. The van der Waals surface area contributed by atoms with Crippen LogP contribution in [0.5, 0.6) is 5.88 Å². The third-order valence-electron chi connectivity index (χ3n) is 0.691. The van der Waals surface area contributed by atoms with Crippen LogP contribution in [0, 0.1) is 6.92 Å². The summed E-state index contributed by atoms with van der Waals surface area (Å²) in [7, 11) is 0. The van der Waals surface area contributed by atoms with E-state index in [0.717, 1.165) is 0 Å². The Morgan fingerprint density at radius 2 is 2.50 bits per heavy atom. The van der Waals surface area contributed by atoms with Crippen LogP contribution in [0.4, 0.5) is 0 Å². The zero-order chi connectivity index (χ0) is 8.59. The fourth-order valence-corrected chi connectivity index (χ4v) is 0.342. The summed E-state index contributed by atoms with van der Waals surface area (Å²) < 4.78 is 21.4. The smallest absolute Gasteiger partial charge is 0.210 e. The first kappa shape index (κ1) is 2.49. The molecular formula is C6H7NO. The highest BCUT2D eigenvalue weighted by atomic mass is 16.3. The molecule has 2 heteroatoms. The quantitative estimate of drug-likeness (QED) is 0.545. The molecule has 8 heavy (non-hydrogen) atoms. The van der Waals surface area contributed by atoms with Crippen molar-refractivity contribution in [3.05, 3.63) is 23.8 Å². The van der Waals surface area contributed by atoms with Crippen LogP contribution in [0.2, 0.25) is 0 Å². The first-order valence-electron chi connectivity index (χ1n) is 3.67. The van der Waals surface area contributed by atoms with Crippen molar-refractivity contribution in [2.45, 2.75) is 6.92 Å². The molecule has 0 aromatic carbocycles. The van der Waals surface area contributed by atoms with Gasteiger partial charge in [0.2, 0.25) is 5.88 Å². The summed E-state index contributed by atoms with van der Waals surface area (Å²) in [6.07, 6.45) is -0.150. The third-order valence-corrected chi connectivity index (χ3v) is 0.691. The lowest BCUT2D eigenvalue weighted by Crippen LogP contribution is -1.73. The fraction of sp³-hybridized carbons (Fsp3) is 0.167. The highest BCUT2D eigenvalue weighted by molar-refractivity contribution is 5.14.